The number of halogens is 6. The van der Waals surface area contributed by atoms with E-state index in [1.54, 1.807) is 0 Å². The molecular weight excluding hydrogens is 468 g/mol. The molecule has 3 atom stereocenters. The van der Waals surface area contributed by atoms with Crippen LogP contribution >= 0.6 is 0 Å². The second-order valence-electron chi connectivity index (χ2n) is 8.32. The highest BCUT2D eigenvalue weighted by molar-refractivity contribution is 5.95. The molecule has 6 nitrogen and oxygen atoms in total. The van der Waals surface area contributed by atoms with Gasteiger partial charge in [-0.3, -0.25) is 9.78 Å². The zero-order valence-electron chi connectivity index (χ0n) is 17.7. The van der Waals surface area contributed by atoms with Gasteiger partial charge in [-0.05, 0) is 29.8 Å². The van der Waals surface area contributed by atoms with Crippen molar-refractivity contribution in [1.29, 1.82) is 0 Å². The summed E-state index contributed by atoms with van der Waals surface area (Å²) in [6.07, 6.45) is -5.98. The van der Waals surface area contributed by atoms with E-state index in [4.69, 9.17) is 15.2 Å². The number of fused-ring (bicyclic) bond motifs is 1. The minimum absolute atomic E-state index is 0.0961. The SMILES string of the molecule is CC(F)(F)[C@H]1OC[C@]2(c3cc(CC(=O)c4ccc(C(F)(F)F)cn4)ccc3F)N=C(N)OC[C@H]12. The van der Waals surface area contributed by atoms with Gasteiger partial charge in [-0.2, -0.15) is 13.2 Å². The number of nitrogens with zero attached hydrogens (tertiary/aromatic N) is 2. The first kappa shape index (κ1) is 24.0. The number of pyridine rings is 1. The Bertz CT molecular complexity index is 1130. The van der Waals surface area contributed by atoms with Crippen LogP contribution in [0.25, 0.3) is 0 Å². The standard InChI is InChI=1S/C22H19F6N3O3/c1-20(24,25)18-14-9-33-19(29)31-21(14,10-34-18)13-6-11(2-4-15(13)23)7-17(32)16-5-3-12(8-30-16)22(26,27)28/h2-6,8,14,18H,7,9-10H2,1H3,(H2,29,31)/t14-,18+,21-/m1/s1. The molecule has 3 heterocycles. The van der Waals surface area contributed by atoms with Gasteiger partial charge in [-0.1, -0.05) is 6.07 Å². The van der Waals surface area contributed by atoms with E-state index in [0.717, 1.165) is 18.2 Å². The van der Waals surface area contributed by atoms with Gasteiger partial charge in [0, 0.05) is 25.1 Å². The monoisotopic (exact) mass is 487 g/mol. The summed E-state index contributed by atoms with van der Waals surface area (Å²) in [5.41, 5.74) is 3.05. The molecule has 0 unspecified atom stereocenters. The number of nitrogens with two attached hydrogens (primary N) is 1. The first-order valence-electron chi connectivity index (χ1n) is 10.1. The molecule has 12 heteroatoms. The molecular formula is C22H19F6N3O3. The lowest BCUT2D eigenvalue weighted by atomic mass is 9.76. The van der Waals surface area contributed by atoms with Crippen molar-refractivity contribution in [2.45, 2.75) is 37.1 Å². The maximum atomic E-state index is 15.0. The van der Waals surface area contributed by atoms with Crippen molar-refractivity contribution in [3.8, 4) is 0 Å². The quantitative estimate of drug-likeness (QED) is 0.511. The van der Waals surface area contributed by atoms with Gasteiger partial charge in [-0.25, -0.2) is 18.2 Å². The van der Waals surface area contributed by atoms with Crippen molar-refractivity contribution in [1.82, 2.24) is 4.98 Å². The molecule has 1 aromatic heterocycles. The van der Waals surface area contributed by atoms with Crippen molar-refractivity contribution in [3.63, 3.8) is 0 Å². The van der Waals surface area contributed by atoms with Crippen molar-refractivity contribution in [2.75, 3.05) is 13.2 Å². The number of ketones is 1. The molecule has 0 aliphatic carbocycles. The molecule has 2 N–H and O–H groups in total. The van der Waals surface area contributed by atoms with Gasteiger partial charge in [0.15, 0.2) is 5.78 Å². The van der Waals surface area contributed by atoms with E-state index in [1.807, 2.05) is 0 Å². The molecule has 182 valence electrons. The number of hydrogen-bond donors (Lipinski definition) is 1. The van der Waals surface area contributed by atoms with Crippen LogP contribution in [0.5, 0.6) is 0 Å². The Kier molecular flexibility index (Phi) is 5.83. The summed E-state index contributed by atoms with van der Waals surface area (Å²) in [6, 6.07) is 5.04. The van der Waals surface area contributed by atoms with Crippen LogP contribution in [0.2, 0.25) is 0 Å². The Morgan fingerprint density at radius 3 is 2.56 bits per heavy atom. The van der Waals surface area contributed by atoms with E-state index in [9.17, 15) is 31.1 Å². The fourth-order valence-electron chi connectivity index (χ4n) is 4.29. The van der Waals surface area contributed by atoms with E-state index >= 15 is 0 Å². The van der Waals surface area contributed by atoms with E-state index < -0.39 is 46.8 Å². The lowest BCUT2D eigenvalue weighted by Gasteiger charge is -2.37. The first-order chi connectivity index (χ1) is 15.8. The highest BCUT2D eigenvalue weighted by atomic mass is 19.4. The van der Waals surface area contributed by atoms with Crippen molar-refractivity contribution < 1.29 is 40.6 Å². The van der Waals surface area contributed by atoms with Crippen LogP contribution in [0.15, 0.2) is 41.5 Å². The van der Waals surface area contributed by atoms with Gasteiger partial charge in [0.05, 0.1) is 24.7 Å². The van der Waals surface area contributed by atoms with Gasteiger partial charge < -0.3 is 15.2 Å². The molecule has 2 aliphatic heterocycles. The summed E-state index contributed by atoms with van der Waals surface area (Å²) in [6.45, 7) is 0.0179. The molecule has 0 amide bonds. The minimum Gasteiger partial charge on any atom is -0.465 e. The molecule has 1 saturated heterocycles. The van der Waals surface area contributed by atoms with Crippen LogP contribution in [-0.2, 0) is 27.6 Å². The normalized spacial score (nSPS) is 24.9. The summed E-state index contributed by atoms with van der Waals surface area (Å²) in [5.74, 6) is -5.71. The van der Waals surface area contributed by atoms with Gasteiger partial charge in [-0.15, -0.1) is 0 Å². The van der Waals surface area contributed by atoms with Crippen LogP contribution in [0.3, 0.4) is 0 Å². The number of alkyl halides is 5. The van der Waals surface area contributed by atoms with Gasteiger partial charge >= 0.3 is 6.18 Å². The van der Waals surface area contributed by atoms with Crippen LogP contribution in [-0.4, -0.2) is 42.0 Å². The zero-order chi connectivity index (χ0) is 24.9. The Hall–Kier alpha value is -3.15. The van der Waals surface area contributed by atoms with E-state index in [1.165, 1.54) is 12.1 Å². The largest absolute Gasteiger partial charge is 0.465 e. The van der Waals surface area contributed by atoms with E-state index in [0.29, 0.717) is 13.1 Å². The molecule has 1 aromatic carbocycles. The van der Waals surface area contributed by atoms with Crippen LogP contribution in [0, 0.1) is 11.7 Å². The van der Waals surface area contributed by atoms with Crippen molar-refractivity contribution in [3.05, 3.63) is 64.7 Å². The predicted molar refractivity (Wildman–Crippen MR) is 107 cm³/mol. The highest BCUT2D eigenvalue weighted by Crippen LogP contribution is 2.49. The lowest BCUT2D eigenvalue weighted by molar-refractivity contribution is -0.137. The number of Topliss-reactive ketones (excluding diaryl/α,β-unsaturated/α-hetero) is 1. The third-order valence-electron chi connectivity index (χ3n) is 5.92. The maximum Gasteiger partial charge on any atom is 0.417 e. The first-order valence-corrected chi connectivity index (χ1v) is 10.1. The summed E-state index contributed by atoms with van der Waals surface area (Å²) in [4.78, 5) is 20.3. The van der Waals surface area contributed by atoms with Crippen molar-refractivity contribution >= 4 is 11.8 Å². The van der Waals surface area contributed by atoms with Gasteiger partial charge in [0.2, 0.25) is 0 Å². The molecule has 0 bridgehead atoms. The number of carbonyl (C=O) groups excluding carboxylic acids is 1. The number of rotatable bonds is 5. The summed E-state index contributed by atoms with van der Waals surface area (Å²) in [7, 11) is 0. The Morgan fingerprint density at radius 2 is 1.94 bits per heavy atom. The fraction of sp³-hybridized carbons (Fsp3) is 0.409. The number of aliphatic imine (C=N–C) groups is 1. The molecule has 34 heavy (non-hydrogen) atoms. The summed E-state index contributed by atoms with van der Waals surface area (Å²) < 4.78 is 91.9. The summed E-state index contributed by atoms with van der Waals surface area (Å²) >= 11 is 0. The Labute approximate surface area is 189 Å². The second kappa shape index (κ2) is 8.26. The molecule has 4 rings (SSSR count). The average Bonchev–Trinajstić information content (AvgIpc) is 3.14. The lowest BCUT2D eigenvalue weighted by Crippen LogP contribution is -2.48. The number of benzene rings is 1. The number of amidine groups is 1. The van der Waals surface area contributed by atoms with E-state index in [2.05, 4.69) is 9.98 Å². The van der Waals surface area contributed by atoms with Gasteiger partial charge in [0.1, 0.15) is 23.2 Å². The molecule has 1 fully saturated rings. The zero-order valence-corrected chi connectivity index (χ0v) is 17.7. The Balaban J connectivity index is 1.66. The third kappa shape index (κ3) is 4.33. The topological polar surface area (TPSA) is 86.8 Å². The van der Waals surface area contributed by atoms with Crippen LogP contribution in [0.4, 0.5) is 26.3 Å². The second-order valence-corrected chi connectivity index (χ2v) is 8.32. The van der Waals surface area contributed by atoms with Crippen LogP contribution in [0.1, 0.15) is 34.1 Å². The molecule has 2 aliphatic rings. The maximum absolute atomic E-state index is 15.0. The highest BCUT2D eigenvalue weighted by Gasteiger charge is 2.60. The molecule has 0 radical (unpaired) electrons. The predicted octanol–water partition coefficient (Wildman–Crippen LogP) is 3.88. The summed E-state index contributed by atoms with van der Waals surface area (Å²) in [5, 5.41) is 0. The van der Waals surface area contributed by atoms with Gasteiger partial charge in [0.25, 0.3) is 11.9 Å². The number of aromatic nitrogens is 1. The third-order valence-corrected chi connectivity index (χ3v) is 5.92. The minimum atomic E-state index is -4.60. The van der Waals surface area contributed by atoms with Crippen molar-refractivity contribution in [2.24, 2.45) is 16.6 Å². The van der Waals surface area contributed by atoms with E-state index in [-0.39, 0.29) is 42.5 Å². The fourth-order valence-corrected chi connectivity index (χ4v) is 4.29. The number of carbonyl (C=O) groups is 1. The molecule has 0 spiro atoms. The Morgan fingerprint density at radius 1 is 1.21 bits per heavy atom. The smallest absolute Gasteiger partial charge is 0.417 e. The number of ether oxygens (including phenoxy) is 2. The average molecular weight is 487 g/mol. The molecule has 0 saturated carbocycles. The van der Waals surface area contributed by atoms with Crippen LogP contribution < -0.4 is 5.73 Å². The number of hydrogen-bond acceptors (Lipinski definition) is 6. The molecule has 2 aromatic rings.